The molecule has 4 heteroatoms. The first-order chi connectivity index (χ1) is 9.70. The third kappa shape index (κ3) is 3.74. The molecular formula is C16H21ClN2O. The van der Waals surface area contributed by atoms with E-state index in [1.54, 1.807) is 0 Å². The van der Waals surface area contributed by atoms with E-state index in [2.05, 4.69) is 22.3 Å². The maximum Gasteiger partial charge on any atom is 0.224 e. The summed E-state index contributed by atoms with van der Waals surface area (Å²) in [5.41, 5.74) is 1.26. The van der Waals surface area contributed by atoms with Crippen molar-refractivity contribution in [3.8, 4) is 0 Å². The summed E-state index contributed by atoms with van der Waals surface area (Å²) in [5, 5.41) is 3.90. The number of carbonyl (C=O) groups is 1. The molecule has 1 atom stereocenters. The van der Waals surface area contributed by atoms with Crippen LogP contribution >= 0.6 is 11.6 Å². The normalized spacial score (nSPS) is 23.6. The number of piperidine rings is 1. The molecule has 3 nitrogen and oxygen atoms in total. The molecule has 2 aliphatic rings. The second-order valence-electron chi connectivity index (χ2n) is 5.98. The highest BCUT2D eigenvalue weighted by molar-refractivity contribution is 6.30. The Kier molecular flexibility index (Phi) is 4.27. The van der Waals surface area contributed by atoms with Crippen molar-refractivity contribution in [3.05, 3.63) is 34.9 Å². The third-order valence-electron chi connectivity index (χ3n) is 4.12. The zero-order valence-corrected chi connectivity index (χ0v) is 12.4. The lowest BCUT2D eigenvalue weighted by molar-refractivity contribution is -0.126. The molecule has 0 radical (unpaired) electrons. The second kappa shape index (κ2) is 6.15. The zero-order valence-electron chi connectivity index (χ0n) is 11.6. The number of likely N-dealkylation sites (tertiary alicyclic amines) is 1. The third-order valence-corrected chi connectivity index (χ3v) is 4.37. The number of hydrogen-bond donors (Lipinski definition) is 1. The fourth-order valence-corrected chi connectivity index (χ4v) is 2.93. The first-order valence-electron chi connectivity index (χ1n) is 7.48. The highest BCUT2D eigenvalue weighted by Crippen LogP contribution is 2.23. The molecule has 0 bridgehead atoms. The van der Waals surface area contributed by atoms with Gasteiger partial charge in [0.1, 0.15) is 0 Å². The van der Waals surface area contributed by atoms with Gasteiger partial charge in [-0.2, -0.15) is 0 Å². The molecule has 1 N–H and O–H groups in total. The number of halogens is 1. The molecule has 0 aromatic heterocycles. The molecule has 1 aromatic carbocycles. The minimum Gasteiger partial charge on any atom is -0.353 e. The van der Waals surface area contributed by atoms with Crippen LogP contribution in [0.1, 0.15) is 31.2 Å². The largest absolute Gasteiger partial charge is 0.353 e. The Morgan fingerprint density at radius 3 is 2.70 bits per heavy atom. The highest BCUT2D eigenvalue weighted by Gasteiger charge is 2.30. The first kappa shape index (κ1) is 13.9. The fourth-order valence-electron chi connectivity index (χ4n) is 2.81. The topological polar surface area (TPSA) is 32.3 Å². The van der Waals surface area contributed by atoms with Crippen LogP contribution in [-0.4, -0.2) is 29.9 Å². The lowest BCUT2D eigenvalue weighted by Gasteiger charge is -2.32. The van der Waals surface area contributed by atoms with E-state index in [4.69, 9.17) is 11.6 Å². The smallest absolute Gasteiger partial charge is 0.224 e. The molecule has 0 spiro atoms. The maximum atomic E-state index is 12.1. The molecule has 3 rings (SSSR count). The van der Waals surface area contributed by atoms with E-state index in [1.165, 1.54) is 5.56 Å². The summed E-state index contributed by atoms with van der Waals surface area (Å²) in [5.74, 6) is 0.421. The van der Waals surface area contributed by atoms with Crippen molar-refractivity contribution >= 4 is 17.5 Å². The molecule has 1 saturated carbocycles. The number of nitrogens with zero attached hydrogens (tertiary/aromatic N) is 1. The molecule has 0 unspecified atom stereocenters. The summed E-state index contributed by atoms with van der Waals surface area (Å²) in [6, 6.07) is 8.46. The number of rotatable bonds is 4. The maximum absolute atomic E-state index is 12.1. The van der Waals surface area contributed by atoms with E-state index in [1.807, 2.05) is 12.1 Å². The van der Waals surface area contributed by atoms with Crippen LogP contribution in [0, 0.1) is 5.92 Å². The van der Waals surface area contributed by atoms with Gasteiger partial charge in [0.15, 0.2) is 0 Å². The van der Waals surface area contributed by atoms with Gasteiger partial charge in [-0.25, -0.2) is 0 Å². The molecule has 108 valence electrons. The van der Waals surface area contributed by atoms with Gasteiger partial charge in [-0.1, -0.05) is 23.7 Å². The minimum absolute atomic E-state index is 0.164. The average molecular weight is 293 g/mol. The van der Waals surface area contributed by atoms with Crippen molar-refractivity contribution in [3.63, 3.8) is 0 Å². The summed E-state index contributed by atoms with van der Waals surface area (Å²) in [4.78, 5) is 14.5. The molecule has 1 amide bonds. The van der Waals surface area contributed by atoms with E-state index in [9.17, 15) is 4.79 Å². The second-order valence-corrected chi connectivity index (χ2v) is 6.42. The SMILES string of the molecule is O=C(NC1CC1)[C@H]1CCCN(Cc2ccc(Cl)cc2)C1. The van der Waals surface area contributed by atoms with E-state index in [0.29, 0.717) is 6.04 Å². The summed E-state index contributed by atoms with van der Waals surface area (Å²) >= 11 is 5.91. The van der Waals surface area contributed by atoms with E-state index in [-0.39, 0.29) is 11.8 Å². The molecule has 1 saturated heterocycles. The van der Waals surface area contributed by atoms with E-state index in [0.717, 1.165) is 50.3 Å². The number of carbonyl (C=O) groups excluding carboxylic acids is 1. The van der Waals surface area contributed by atoms with E-state index < -0.39 is 0 Å². The standard InChI is InChI=1S/C16H21ClN2O/c17-14-5-3-12(4-6-14)10-19-9-1-2-13(11-19)16(20)18-15-7-8-15/h3-6,13,15H,1-2,7-11H2,(H,18,20)/t13-/m0/s1. The Hall–Kier alpha value is -1.06. The number of benzene rings is 1. The predicted octanol–water partition coefficient (Wildman–Crippen LogP) is 2.83. The molecule has 1 aromatic rings. The zero-order chi connectivity index (χ0) is 13.9. The molecular weight excluding hydrogens is 272 g/mol. The summed E-state index contributed by atoms with van der Waals surface area (Å²) in [7, 11) is 0. The van der Waals surface area contributed by atoms with Crippen LogP contribution in [0.4, 0.5) is 0 Å². The molecule has 1 aliphatic carbocycles. The van der Waals surface area contributed by atoms with Gasteiger partial charge >= 0.3 is 0 Å². The molecule has 1 aliphatic heterocycles. The van der Waals surface area contributed by atoms with Crippen LogP contribution in [0.5, 0.6) is 0 Å². The number of hydrogen-bond acceptors (Lipinski definition) is 2. The average Bonchev–Trinajstić information content (AvgIpc) is 3.26. The van der Waals surface area contributed by atoms with Crippen LogP contribution in [0.2, 0.25) is 5.02 Å². The predicted molar refractivity (Wildman–Crippen MR) is 80.6 cm³/mol. The Bertz CT molecular complexity index is 470. The summed E-state index contributed by atoms with van der Waals surface area (Å²) in [6.07, 6.45) is 4.45. The van der Waals surface area contributed by atoms with Gasteiger partial charge in [0, 0.05) is 24.2 Å². The first-order valence-corrected chi connectivity index (χ1v) is 7.86. The van der Waals surface area contributed by atoms with Crippen molar-refractivity contribution in [2.75, 3.05) is 13.1 Å². The number of nitrogens with one attached hydrogen (secondary N) is 1. The van der Waals surface area contributed by atoms with Crippen LogP contribution in [-0.2, 0) is 11.3 Å². The lowest BCUT2D eigenvalue weighted by Crippen LogP contribution is -2.43. The monoisotopic (exact) mass is 292 g/mol. The van der Waals surface area contributed by atoms with Crippen LogP contribution in [0.25, 0.3) is 0 Å². The molecule has 2 fully saturated rings. The van der Waals surface area contributed by atoms with Gasteiger partial charge in [-0.15, -0.1) is 0 Å². The van der Waals surface area contributed by atoms with Crippen molar-refractivity contribution in [2.45, 2.75) is 38.3 Å². The Morgan fingerprint density at radius 1 is 1.25 bits per heavy atom. The molecule has 20 heavy (non-hydrogen) atoms. The lowest BCUT2D eigenvalue weighted by atomic mass is 9.96. The van der Waals surface area contributed by atoms with Gasteiger partial charge in [0.05, 0.1) is 5.92 Å². The van der Waals surface area contributed by atoms with E-state index >= 15 is 0 Å². The quantitative estimate of drug-likeness (QED) is 0.925. The Labute approximate surface area is 125 Å². The van der Waals surface area contributed by atoms with Crippen LogP contribution in [0.15, 0.2) is 24.3 Å². The molecule has 1 heterocycles. The fraction of sp³-hybridized carbons (Fsp3) is 0.562. The van der Waals surface area contributed by atoms with Gasteiger partial charge in [-0.05, 0) is 49.9 Å². The Balaban J connectivity index is 1.54. The van der Waals surface area contributed by atoms with Crippen molar-refractivity contribution < 1.29 is 4.79 Å². The van der Waals surface area contributed by atoms with Crippen molar-refractivity contribution in [1.29, 1.82) is 0 Å². The minimum atomic E-state index is 0.164. The van der Waals surface area contributed by atoms with Gasteiger partial charge in [-0.3, -0.25) is 9.69 Å². The van der Waals surface area contributed by atoms with Gasteiger partial charge < -0.3 is 5.32 Å². The van der Waals surface area contributed by atoms with Crippen LogP contribution in [0.3, 0.4) is 0 Å². The van der Waals surface area contributed by atoms with Crippen molar-refractivity contribution in [1.82, 2.24) is 10.2 Å². The van der Waals surface area contributed by atoms with Crippen molar-refractivity contribution in [2.24, 2.45) is 5.92 Å². The number of amides is 1. The van der Waals surface area contributed by atoms with Gasteiger partial charge in [0.2, 0.25) is 5.91 Å². The summed E-state index contributed by atoms with van der Waals surface area (Å²) in [6.45, 7) is 2.86. The summed E-state index contributed by atoms with van der Waals surface area (Å²) < 4.78 is 0. The highest BCUT2D eigenvalue weighted by atomic mass is 35.5. The van der Waals surface area contributed by atoms with Crippen LogP contribution < -0.4 is 5.32 Å². The Morgan fingerprint density at radius 2 is 2.00 bits per heavy atom. The van der Waals surface area contributed by atoms with Gasteiger partial charge in [0.25, 0.3) is 0 Å².